The zero-order valence-corrected chi connectivity index (χ0v) is 13.1. The van der Waals surface area contributed by atoms with Crippen LogP contribution in [-0.2, 0) is 6.42 Å². The highest BCUT2D eigenvalue weighted by molar-refractivity contribution is 5.25. The molecule has 0 bridgehead atoms. The van der Waals surface area contributed by atoms with Crippen molar-refractivity contribution in [3.63, 3.8) is 0 Å². The molecule has 20 heavy (non-hydrogen) atoms. The molecule has 0 amide bonds. The zero-order chi connectivity index (χ0) is 14.1. The molecule has 2 nitrogen and oxygen atoms in total. The number of hydrogen-bond acceptors (Lipinski definition) is 2. The van der Waals surface area contributed by atoms with E-state index < -0.39 is 0 Å². The topological polar surface area (TPSA) is 15.3 Å². The maximum absolute atomic E-state index is 3.56. The first-order chi connectivity index (χ1) is 9.74. The van der Waals surface area contributed by atoms with Crippen LogP contribution in [0.3, 0.4) is 0 Å². The Balaban J connectivity index is 1.79. The molecule has 0 aromatic heterocycles. The number of rotatable bonds is 4. The molecular formula is C18H28N2. The average molecular weight is 272 g/mol. The highest BCUT2D eigenvalue weighted by Gasteiger charge is 2.43. The Bertz CT molecular complexity index is 439. The van der Waals surface area contributed by atoms with Gasteiger partial charge in [-0.05, 0) is 55.8 Å². The monoisotopic (exact) mass is 272 g/mol. The van der Waals surface area contributed by atoms with Gasteiger partial charge < -0.3 is 5.32 Å². The van der Waals surface area contributed by atoms with Crippen LogP contribution in [0.2, 0.25) is 0 Å². The third-order valence-electron chi connectivity index (χ3n) is 5.54. The minimum absolute atomic E-state index is 0.599. The van der Waals surface area contributed by atoms with Crippen molar-refractivity contribution in [3.05, 3.63) is 35.4 Å². The Hall–Kier alpha value is -0.860. The van der Waals surface area contributed by atoms with Crippen molar-refractivity contribution in [1.29, 1.82) is 0 Å². The molecule has 2 aliphatic heterocycles. The summed E-state index contributed by atoms with van der Waals surface area (Å²) in [5.74, 6) is 1.73. The van der Waals surface area contributed by atoms with Crippen LogP contribution < -0.4 is 5.32 Å². The number of benzene rings is 1. The number of fused-ring (bicyclic) bond motifs is 1. The fourth-order valence-corrected chi connectivity index (χ4v) is 4.25. The van der Waals surface area contributed by atoms with Gasteiger partial charge in [0.25, 0.3) is 0 Å². The molecule has 2 fully saturated rings. The van der Waals surface area contributed by atoms with E-state index in [1.165, 1.54) is 37.2 Å². The summed E-state index contributed by atoms with van der Waals surface area (Å²) in [7, 11) is 0. The summed E-state index contributed by atoms with van der Waals surface area (Å²) >= 11 is 0. The zero-order valence-electron chi connectivity index (χ0n) is 13.1. The Kier molecular flexibility index (Phi) is 4.13. The van der Waals surface area contributed by atoms with Crippen LogP contribution in [0.4, 0.5) is 0 Å². The molecule has 110 valence electrons. The van der Waals surface area contributed by atoms with Crippen LogP contribution in [0, 0.1) is 11.8 Å². The van der Waals surface area contributed by atoms with E-state index in [9.17, 15) is 0 Å². The molecule has 0 radical (unpaired) electrons. The van der Waals surface area contributed by atoms with Crippen molar-refractivity contribution in [2.24, 2.45) is 11.8 Å². The lowest BCUT2D eigenvalue weighted by Gasteiger charge is -2.33. The van der Waals surface area contributed by atoms with Gasteiger partial charge in [-0.3, -0.25) is 4.90 Å². The highest BCUT2D eigenvalue weighted by atomic mass is 15.2. The molecule has 0 aliphatic carbocycles. The molecule has 0 saturated carbocycles. The maximum Gasteiger partial charge on any atom is 0.0348 e. The molecule has 1 aromatic carbocycles. The maximum atomic E-state index is 3.56. The van der Waals surface area contributed by atoms with E-state index in [1.54, 1.807) is 0 Å². The van der Waals surface area contributed by atoms with E-state index in [2.05, 4.69) is 55.3 Å². The first-order valence-corrected chi connectivity index (χ1v) is 8.29. The van der Waals surface area contributed by atoms with E-state index in [0.29, 0.717) is 12.1 Å². The number of nitrogens with zero attached hydrogens (tertiary/aromatic N) is 1. The summed E-state index contributed by atoms with van der Waals surface area (Å²) in [4.78, 5) is 2.76. The molecule has 2 aliphatic rings. The largest absolute Gasteiger partial charge is 0.316 e. The van der Waals surface area contributed by atoms with Gasteiger partial charge in [0, 0.05) is 18.6 Å². The predicted octanol–water partition coefficient (Wildman–Crippen LogP) is 3.24. The van der Waals surface area contributed by atoms with Crippen LogP contribution in [0.25, 0.3) is 0 Å². The lowest BCUT2D eigenvalue weighted by molar-refractivity contribution is 0.166. The van der Waals surface area contributed by atoms with Gasteiger partial charge in [-0.25, -0.2) is 0 Å². The van der Waals surface area contributed by atoms with Crippen molar-refractivity contribution in [2.45, 2.75) is 45.7 Å². The highest BCUT2D eigenvalue weighted by Crippen LogP contribution is 2.39. The predicted molar refractivity (Wildman–Crippen MR) is 84.9 cm³/mol. The normalized spacial score (nSPS) is 31.4. The van der Waals surface area contributed by atoms with E-state index in [1.807, 2.05) is 0 Å². The summed E-state index contributed by atoms with van der Waals surface area (Å²) in [6, 6.07) is 10.6. The molecular weight excluding hydrogens is 244 g/mol. The smallest absolute Gasteiger partial charge is 0.0348 e. The lowest BCUT2D eigenvalue weighted by atomic mass is 9.95. The van der Waals surface area contributed by atoms with Gasteiger partial charge in [-0.15, -0.1) is 0 Å². The SMILES string of the molecule is CCc1ccc(C(CC)N2CC3CNCC3C2C)cc1. The Morgan fingerprint density at radius 3 is 2.55 bits per heavy atom. The number of likely N-dealkylation sites (tertiary alicyclic amines) is 1. The fraction of sp³-hybridized carbons (Fsp3) is 0.667. The summed E-state index contributed by atoms with van der Waals surface area (Å²) in [6.07, 6.45) is 2.34. The van der Waals surface area contributed by atoms with Crippen molar-refractivity contribution < 1.29 is 0 Å². The quantitative estimate of drug-likeness (QED) is 0.905. The van der Waals surface area contributed by atoms with Gasteiger partial charge in [-0.1, -0.05) is 38.1 Å². The number of nitrogens with one attached hydrogen (secondary N) is 1. The minimum atomic E-state index is 0.599. The molecule has 2 heterocycles. The molecule has 4 atom stereocenters. The summed E-state index contributed by atoms with van der Waals surface area (Å²) in [5.41, 5.74) is 2.95. The fourth-order valence-electron chi connectivity index (χ4n) is 4.25. The van der Waals surface area contributed by atoms with Gasteiger partial charge in [-0.2, -0.15) is 0 Å². The van der Waals surface area contributed by atoms with Crippen LogP contribution >= 0.6 is 0 Å². The van der Waals surface area contributed by atoms with E-state index in [0.717, 1.165) is 18.3 Å². The standard InChI is InChI=1S/C18H28N2/c1-4-14-6-8-15(9-7-14)18(5-2)20-12-16-10-19-11-17(16)13(20)3/h6-9,13,16-19H,4-5,10-12H2,1-3H3. The van der Waals surface area contributed by atoms with Gasteiger partial charge >= 0.3 is 0 Å². The number of hydrogen-bond donors (Lipinski definition) is 1. The van der Waals surface area contributed by atoms with Crippen LogP contribution in [-0.4, -0.2) is 30.6 Å². The molecule has 2 heteroatoms. The molecule has 2 saturated heterocycles. The second kappa shape index (κ2) is 5.87. The van der Waals surface area contributed by atoms with Gasteiger partial charge in [0.2, 0.25) is 0 Å². The molecule has 1 aromatic rings. The van der Waals surface area contributed by atoms with Crippen molar-refractivity contribution in [1.82, 2.24) is 10.2 Å². The van der Waals surface area contributed by atoms with E-state index in [-0.39, 0.29) is 0 Å². The third-order valence-corrected chi connectivity index (χ3v) is 5.54. The molecule has 0 spiro atoms. The summed E-state index contributed by atoms with van der Waals surface area (Å²) < 4.78 is 0. The first kappa shape index (κ1) is 14.1. The molecule has 1 N–H and O–H groups in total. The average Bonchev–Trinajstić information content (AvgIpc) is 3.05. The van der Waals surface area contributed by atoms with Crippen molar-refractivity contribution in [3.8, 4) is 0 Å². The Labute approximate surface area is 123 Å². The molecule has 3 rings (SSSR count). The summed E-state index contributed by atoms with van der Waals surface area (Å²) in [6.45, 7) is 10.7. The minimum Gasteiger partial charge on any atom is -0.316 e. The van der Waals surface area contributed by atoms with E-state index >= 15 is 0 Å². The van der Waals surface area contributed by atoms with Crippen molar-refractivity contribution >= 4 is 0 Å². The number of aryl methyl sites for hydroxylation is 1. The van der Waals surface area contributed by atoms with Gasteiger partial charge in [0.15, 0.2) is 0 Å². The van der Waals surface area contributed by atoms with Gasteiger partial charge in [0.05, 0.1) is 0 Å². The lowest BCUT2D eigenvalue weighted by Crippen LogP contribution is -2.36. The molecule has 4 unspecified atom stereocenters. The van der Waals surface area contributed by atoms with Crippen LogP contribution in [0.5, 0.6) is 0 Å². The summed E-state index contributed by atoms with van der Waals surface area (Å²) in [5, 5.41) is 3.56. The second-order valence-electron chi connectivity index (χ2n) is 6.54. The van der Waals surface area contributed by atoms with Gasteiger partial charge in [0.1, 0.15) is 0 Å². The Morgan fingerprint density at radius 1 is 1.20 bits per heavy atom. The third kappa shape index (κ3) is 2.40. The van der Waals surface area contributed by atoms with Crippen LogP contribution in [0.15, 0.2) is 24.3 Å². The van der Waals surface area contributed by atoms with Crippen molar-refractivity contribution in [2.75, 3.05) is 19.6 Å². The van der Waals surface area contributed by atoms with E-state index in [4.69, 9.17) is 0 Å². The van der Waals surface area contributed by atoms with Crippen LogP contribution in [0.1, 0.15) is 44.4 Å². The Morgan fingerprint density at radius 2 is 1.95 bits per heavy atom. The second-order valence-corrected chi connectivity index (χ2v) is 6.54. The first-order valence-electron chi connectivity index (χ1n) is 8.29.